The van der Waals surface area contributed by atoms with E-state index in [1.807, 2.05) is 0 Å². The number of alkyl halides is 2. The zero-order valence-corrected chi connectivity index (χ0v) is 8.65. The van der Waals surface area contributed by atoms with Crippen molar-refractivity contribution in [2.75, 3.05) is 0 Å². The Morgan fingerprint density at radius 3 is 2.53 bits per heavy atom. The molecule has 0 aromatic carbocycles. The topological polar surface area (TPSA) is 54.9 Å². The molecule has 1 heterocycles. The van der Waals surface area contributed by atoms with E-state index in [-0.39, 0.29) is 17.1 Å². The van der Waals surface area contributed by atoms with Crippen molar-refractivity contribution in [1.29, 1.82) is 0 Å². The fourth-order valence-corrected chi connectivity index (χ4v) is 1.49. The maximum atomic E-state index is 12.1. The van der Waals surface area contributed by atoms with Gasteiger partial charge in [0.1, 0.15) is 5.15 Å². The van der Waals surface area contributed by atoms with Gasteiger partial charge in [-0.05, 0) is 6.42 Å². The number of hydrogen-bond acceptors (Lipinski definition) is 2. The van der Waals surface area contributed by atoms with E-state index in [2.05, 4.69) is 4.98 Å². The molecule has 0 radical (unpaired) electrons. The maximum absolute atomic E-state index is 12.1. The first kappa shape index (κ1) is 11.9. The second kappa shape index (κ2) is 4.57. The van der Waals surface area contributed by atoms with E-state index in [0.29, 0.717) is 4.57 Å². The van der Waals surface area contributed by atoms with Gasteiger partial charge in [-0.1, -0.05) is 18.5 Å². The average Bonchev–Trinajstić information content (AvgIpc) is 2.12. The van der Waals surface area contributed by atoms with Crippen LogP contribution >= 0.6 is 11.6 Å². The smallest absolute Gasteiger partial charge is 0.297 e. The summed E-state index contributed by atoms with van der Waals surface area (Å²) in [4.78, 5) is 24.8. The summed E-state index contributed by atoms with van der Waals surface area (Å²) in [5.74, 6) is 0. The molecule has 15 heavy (non-hydrogen) atoms. The molecule has 0 bridgehead atoms. The van der Waals surface area contributed by atoms with Crippen molar-refractivity contribution in [3.8, 4) is 0 Å². The lowest BCUT2D eigenvalue weighted by Gasteiger charge is -2.06. The number of rotatable bonds is 3. The van der Waals surface area contributed by atoms with Crippen LogP contribution in [0.1, 0.15) is 12.5 Å². The first-order valence-corrected chi connectivity index (χ1v) is 4.64. The molecule has 0 fully saturated rings. The van der Waals surface area contributed by atoms with Crippen LogP contribution in [0.25, 0.3) is 0 Å². The van der Waals surface area contributed by atoms with Crippen LogP contribution in [0.2, 0.25) is 5.15 Å². The van der Waals surface area contributed by atoms with Crippen LogP contribution in [0.5, 0.6) is 0 Å². The van der Waals surface area contributed by atoms with Crippen molar-refractivity contribution in [2.24, 2.45) is 0 Å². The first-order chi connectivity index (χ1) is 6.97. The van der Waals surface area contributed by atoms with Crippen molar-refractivity contribution >= 4 is 11.6 Å². The summed E-state index contributed by atoms with van der Waals surface area (Å²) in [5, 5.41) is -0.0852. The van der Waals surface area contributed by atoms with Crippen molar-refractivity contribution < 1.29 is 8.78 Å². The molecule has 1 aromatic heterocycles. The molecule has 0 saturated heterocycles. The minimum atomic E-state index is -2.75. The predicted molar refractivity (Wildman–Crippen MR) is 51.7 cm³/mol. The van der Waals surface area contributed by atoms with Crippen molar-refractivity contribution in [2.45, 2.75) is 26.3 Å². The molecule has 0 unspecified atom stereocenters. The van der Waals surface area contributed by atoms with Gasteiger partial charge in [-0.25, -0.2) is 13.6 Å². The number of aromatic nitrogens is 2. The molecule has 0 spiro atoms. The fraction of sp³-hybridized carbons (Fsp3) is 0.500. The Morgan fingerprint density at radius 1 is 1.47 bits per heavy atom. The number of hydrogen-bond donors (Lipinski definition) is 1. The van der Waals surface area contributed by atoms with Crippen LogP contribution in [0.4, 0.5) is 8.78 Å². The van der Waals surface area contributed by atoms with Gasteiger partial charge in [0.15, 0.2) is 0 Å². The van der Waals surface area contributed by atoms with E-state index >= 15 is 0 Å². The summed E-state index contributed by atoms with van der Waals surface area (Å²) in [5.41, 5.74) is -1.54. The minimum absolute atomic E-state index is 0.0852. The van der Waals surface area contributed by atoms with Gasteiger partial charge in [-0.3, -0.25) is 14.3 Å². The summed E-state index contributed by atoms with van der Waals surface area (Å²) < 4.78 is 24.6. The molecule has 0 aliphatic heterocycles. The van der Waals surface area contributed by atoms with Gasteiger partial charge in [0.05, 0.1) is 12.1 Å². The highest BCUT2D eigenvalue weighted by atomic mass is 35.5. The standard InChI is InChI=1S/C8H9ClF2N2O2/c1-2-4-6(9)12-8(15)13(7(4)14)3-5(10)11/h5H,2-3H2,1H3,(H,12,15). The van der Waals surface area contributed by atoms with Crippen LogP contribution in [0.3, 0.4) is 0 Å². The lowest BCUT2D eigenvalue weighted by atomic mass is 10.2. The quantitative estimate of drug-likeness (QED) is 0.800. The summed E-state index contributed by atoms with van der Waals surface area (Å²) in [6, 6.07) is 0. The largest absolute Gasteiger partial charge is 0.329 e. The van der Waals surface area contributed by atoms with Gasteiger partial charge in [-0.15, -0.1) is 0 Å². The van der Waals surface area contributed by atoms with Crippen molar-refractivity contribution in [3.63, 3.8) is 0 Å². The summed E-state index contributed by atoms with van der Waals surface area (Å²) in [6.07, 6.45) is -2.48. The summed E-state index contributed by atoms with van der Waals surface area (Å²) in [6.45, 7) is 0.728. The highest BCUT2D eigenvalue weighted by Gasteiger charge is 2.14. The van der Waals surface area contributed by atoms with E-state index in [0.717, 1.165) is 0 Å². The summed E-state index contributed by atoms with van der Waals surface area (Å²) in [7, 11) is 0. The Morgan fingerprint density at radius 2 is 2.07 bits per heavy atom. The van der Waals surface area contributed by atoms with Gasteiger partial charge in [0.2, 0.25) is 0 Å². The van der Waals surface area contributed by atoms with Gasteiger partial charge >= 0.3 is 5.69 Å². The molecule has 7 heteroatoms. The molecule has 0 aliphatic rings. The van der Waals surface area contributed by atoms with Gasteiger partial charge < -0.3 is 0 Å². The van der Waals surface area contributed by atoms with Crippen molar-refractivity contribution in [3.05, 3.63) is 31.6 Å². The average molecular weight is 239 g/mol. The van der Waals surface area contributed by atoms with Crippen LogP contribution in [-0.4, -0.2) is 16.0 Å². The Labute approximate surface area is 88.5 Å². The van der Waals surface area contributed by atoms with E-state index in [9.17, 15) is 18.4 Å². The van der Waals surface area contributed by atoms with Crippen LogP contribution in [-0.2, 0) is 13.0 Å². The van der Waals surface area contributed by atoms with Gasteiger partial charge in [0, 0.05) is 0 Å². The zero-order chi connectivity index (χ0) is 11.6. The molecule has 0 saturated carbocycles. The number of aromatic amines is 1. The Bertz CT molecular complexity index is 467. The third-order valence-electron chi connectivity index (χ3n) is 1.90. The normalized spacial score (nSPS) is 11.0. The highest BCUT2D eigenvalue weighted by molar-refractivity contribution is 6.30. The number of nitrogens with zero attached hydrogens (tertiary/aromatic N) is 1. The molecule has 84 valence electrons. The first-order valence-electron chi connectivity index (χ1n) is 4.27. The molecule has 0 amide bonds. The number of halogens is 3. The molecule has 4 nitrogen and oxygen atoms in total. The second-order valence-corrected chi connectivity index (χ2v) is 3.26. The third kappa shape index (κ3) is 2.44. The maximum Gasteiger partial charge on any atom is 0.329 e. The fourth-order valence-electron chi connectivity index (χ4n) is 1.20. The molecular formula is C8H9ClF2N2O2. The Kier molecular flexibility index (Phi) is 3.62. The van der Waals surface area contributed by atoms with E-state index in [1.54, 1.807) is 6.92 Å². The monoisotopic (exact) mass is 238 g/mol. The van der Waals surface area contributed by atoms with Crippen molar-refractivity contribution in [1.82, 2.24) is 9.55 Å². The van der Waals surface area contributed by atoms with Crippen LogP contribution in [0.15, 0.2) is 9.59 Å². The minimum Gasteiger partial charge on any atom is -0.297 e. The molecule has 1 rings (SSSR count). The SMILES string of the molecule is CCc1c(Cl)[nH]c(=O)n(CC(F)F)c1=O. The molecule has 1 aromatic rings. The van der Waals surface area contributed by atoms with Crippen LogP contribution < -0.4 is 11.2 Å². The highest BCUT2D eigenvalue weighted by Crippen LogP contribution is 2.06. The predicted octanol–water partition coefficient (Wildman–Crippen LogP) is 1.02. The molecule has 1 N–H and O–H groups in total. The zero-order valence-electron chi connectivity index (χ0n) is 7.89. The third-order valence-corrected chi connectivity index (χ3v) is 2.23. The number of H-pyrrole nitrogens is 1. The Balaban J connectivity index is 3.40. The summed E-state index contributed by atoms with van der Waals surface area (Å²) >= 11 is 5.59. The van der Waals surface area contributed by atoms with E-state index < -0.39 is 24.2 Å². The molecule has 0 atom stereocenters. The molecule has 0 aliphatic carbocycles. The second-order valence-electron chi connectivity index (χ2n) is 2.88. The Hall–Kier alpha value is -1.17. The van der Waals surface area contributed by atoms with E-state index in [1.165, 1.54) is 0 Å². The number of nitrogens with one attached hydrogen (secondary N) is 1. The van der Waals surface area contributed by atoms with Gasteiger partial charge in [0.25, 0.3) is 12.0 Å². The van der Waals surface area contributed by atoms with E-state index in [4.69, 9.17) is 11.6 Å². The van der Waals surface area contributed by atoms with Crippen LogP contribution in [0, 0.1) is 0 Å². The van der Waals surface area contributed by atoms with Gasteiger partial charge in [-0.2, -0.15) is 0 Å². The molecular weight excluding hydrogens is 230 g/mol. The lowest BCUT2D eigenvalue weighted by molar-refractivity contribution is 0.123. The lowest BCUT2D eigenvalue weighted by Crippen LogP contribution is -2.38.